The third-order valence-corrected chi connectivity index (χ3v) is 13.7. The van der Waals surface area contributed by atoms with E-state index in [4.69, 9.17) is 15.0 Å². The Kier molecular flexibility index (Phi) is 8.33. The van der Waals surface area contributed by atoms with Gasteiger partial charge in [-0.15, -0.1) is 0 Å². The molecule has 0 aliphatic heterocycles. The minimum atomic E-state index is 0.137. The number of rotatable bonds is 5. The molecule has 52 heavy (non-hydrogen) atoms. The van der Waals surface area contributed by atoms with Crippen molar-refractivity contribution in [2.24, 2.45) is 35.5 Å². The maximum Gasteiger partial charge on any atom is 0.164 e. The fraction of sp³-hybridized carbons (Fsp3) is 0.458. The Morgan fingerprint density at radius 3 is 1.69 bits per heavy atom. The Labute approximate surface area is 310 Å². The van der Waals surface area contributed by atoms with Gasteiger partial charge in [0.1, 0.15) is 0 Å². The van der Waals surface area contributed by atoms with Gasteiger partial charge in [0.25, 0.3) is 0 Å². The van der Waals surface area contributed by atoms with Crippen LogP contribution in [0.15, 0.2) is 84.9 Å². The van der Waals surface area contributed by atoms with Gasteiger partial charge in [0.05, 0.1) is 11.6 Å². The number of fused-ring (bicyclic) bond motifs is 5. The third kappa shape index (κ3) is 5.85. The second-order valence-electron chi connectivity index (χ2n) is 18.1. The van der Waals surface area contributed by atoms with Gasteiger partial charge < -0.3 is 0 Å². The third-order valence-electron chi connectivity index (χ3n) is 13.7. The summed E-state index contributed by atoms with van der Waals surface area (Å²) in [4.78, 5) is 16.0. The highest BCUT2D eigenvalue weighted by Gasteiger charge is 2.47. The van der Waals surface area contributed by atoms with Crippen LogP contribution >= 0.6 is 0 Å². The van der Waals surface area contributed by atoms with Crippen LogP contribution in [-0.2, 0) is 10.8 Å². The number of benzene rings is 4. The Morgan fingerprint density at radius 2 is 1.04 bits per heavy atom. The first-order valence-corrected chi connectivity index (χ1v) is 20.1. The molecule has 0 amide bonds. The molecule has 4 saturated carbocycles. The Balaban J connectivity index is 1.20. The fourth-order valence-corrected chi connectivity index (χ4v) is 12.6. The second kappa shape index (κ2) is 12.9. The van der Waals surface area contributed by atoms with E-state index in [2.05, 4.69) is 94.4 Å². The molecule has 1 aromatic heterocycles. The predicted octanol–water partition coefficient (Wildman–Crippen LogP) is 12.1. The molecule has 0 spiro atoms. The largest absolute Gasteiger partial charge is 0.208 e. The monoisotopic (exact) mass is 684 g/mol. The number of nitrogens with zero attached hydrogens (tertiary/aromatic N) is 4. The maximum absolute atomic E-state index is 9.95. The van der Waals surface area contributed by atoms with Crippen molar-refractivity contribution in [2.45, 2.75) is 103 Å². The van der Waals surface area contributed by atoms with Crippen molar-refractivity contribution < 1.29 is 0 Å². The first-order chi connectivity index (χ1) is 25.2. The molecular weight excluding hydrogens is 633 g/mol. The molecule has 264 valence electrons. The zero-order valence-corrected chi connectivity index (χ0v) is 31.4. The van der Waals surface area contributed by atoms with E-state index in [1.165, 1.54) is 75.3 Å². The molecule has 0 radical (unpaired) electrons. The van der Waals surface area contributed by atoms with E-state index < -0.39 is 0 Å². The summed E-state index contributed by atoms with van der Waals surface area (Å²) in [5.41, 5.74) is 7.08. The minimum absolute atomic E-state index is 0.137. The zero-order valence-electron chi connectivity index (χ0n) is 31.4. The van der Waals surface area contributed by atoms with E-state index >= 15 is 0 Å². The van der Waals surface area contributed by atoms with E-state index in [-0.39, 0.29) is 10.8 Å². The molecule has 9 rings (SSSR count). The summed E-state index contributed by atoms with van der Waals surface area (Å²) in [6.07, 6.45) is 13.0. The summed E-state index contributed by atoms with van der Waals surface area (Å²) in [5, 5.41) is 11.9. The normalized spacial score (nSPS) is 31.2. The molecule has 5 aromatic rings. The molecule has 8 atom stereocenters. The van der Waals surface area contributed by atoms with Crippen molar-refractivity contribution in [3.63, 3.8) is 0 Å². The summed E-state index contributed by atoms with van der Waals surface area (Å²) in [7, 11) is 0. The summed E-state index contributed by atoms with van der Waals surface area (Å²) in [6, 6.07) is 32.8. The Bertz CT molecular complexity index is 2140. The van der Waals surface area contributed by atoms with Crippen LogP contribution in [0.2, 0.25) is 0 Å². The smallest absolute Gasteiger partial charge is 0.164 e. The van der Waals surface area contributed by atoms with Gasteiger partial charge >= 0.3 is 0 Å². The first-order valence-electron chi connectivity index (χ1n) is 20.1. The highest BCUT2D eigenvalue weighted by molar-refractivity contribution is 5.98. The van der Waals surface area contributed by atoms with Gasteiger partial charge in [-0.2, -0.15) is 5.26 Å². The maximum atomic E-state index is 9.95. The van der Waals surface area contributed by atoms with E-state index in [1.54, 1.807) is 0 Å². The topological polar surface area (TPSA) is 62.5 Å². The number of nitriles is 1. The lowest BCUT2D eigenvalue weighted by atomic mass is 9.54. The fourth-order valence-electron chi connectivity index (χ4n) is 12.6. The lowest BCUT2D eigenvalue weighted by Crippen LogP contribution is -2.42. The Morgan fingerprint density at radius 1 is 0.519 bits per heavy atom. The van der Waals surface area contributed by atoms with Gasteiger partial charge in [0, 0.05) is 22.1 Å². The molecule has 4 aromatic carbocycles. The van der Waals surface area contributed by atoms with Crippen molar-refractivity contribution in [2.75, 3.05) is 0 Å². The van der Waals surface area contributed by atoms with Crippen molar-refractivity contribution >= 4 is 10.8 Å². The molecule has 4 aliphatic carbocycles. The summed E-state index contributed by atoms with van der Waals surface area (Å²) in [6.45, 7) is 9.84. The molecular formula is C48H52N4. The van der Waals surface area contributed by atoms with Crippen molar-refractivity contribution in [3.05, 3.63) is 102 Å². The second-order valence-corrected chi connectivity index (χ2v) is 18.1. The van der Waals surface area contributed by atoms with Crippen LogP contribution < -0.4 is 0 Å². The van der Waals surface area contributed by atoms with Crippen LogP contribution in [0.5, 0.6) is 0 Å². The van der Waals surface area contributed by atoms with Crippen LogP contribution in [0.4, 0.5) is 0 Å². The van der Waals surface area contributed by atoms with Crippen molar-refractivity contribution in [1.82, 2.24) is 15.0 Å². The van der Waals surface area contributed by atoms with Gasteiger partial charge in [-0.05, 0) is 133 Å². The molecule has 0 saturated heterocycles. The van der Waals surface area contributed by atoms with Crippen LogP contribution in [-0.4, -0.2) is 15.0 Å². The average Bonchev–Trinajstić information content (AvgIpc) is 3.13. The highest BCUT2D eigenvalue weighted by Crippen LogP contribution is 2.56. The molecule has 4 bridgehead atoms. The summed E-state index contributed by atoms with van der Waals surface area (Å²) < 4.78 is 0. The molecule has 0 N–H and O–H groups in total. The predicted molar refractivity (Wildman–Crippen MR) is 212 cm³/mol. The molecule has 1 heterocycles. The first kappa shape index (κ1) is 33.5. The van der Waals surface area contributed by atoms with Gasteiger partial charge in [0.15, 0.2) is 17.5 Å². The number of hydrogen-bond acceptors (Lipinski definition) is 4. The summed E-state index contributed by atoms with van der Waals surface area (Å²) >= 11 is 0. The highest BCUT2D eigenvalue weighted by atomic mass is 15.0. The molecule has 4 fully saturated rings. The zero-order chi connectivity index (χ0) is 35.6. The van der Waals surface area contributed by atoms with Gasteiger partial charge in [-0.3, -0.25) is 0 Å². The lowest BCUT2D eigenvalue weighted by molar-refractivity contribution is 0.0780. The molecule has 4 unspecified atom stereocenters. The molecule has 4 aliphatic rings. The molecule has 4 heteroatoms. The van der Waals surface area contributed by atoms with Gasteiger partial charge in [-0.1, -0.05) is 107 Å². The van der Waals surface area contributed by atoms with Crippen LogP contribution in [0.1, 0.15) is 109 Å². The van der Waals surface area contributed by atoms with E-state index in [1.807, 2.05) is 24.3 Å². The van der Waals surface area contributed by atoms with E-state index in [0.717, 1.165) is 57.0 Å². The van der Waals surface area contributed by atoms with Crippen molar-refractivity contribution in [3.8, 4) is 40.2 Å². The van der Waals surface area contributed by atoms with Crippen LogP contribution in [0, 0.1) is 46.8 Å². The summed E-state index contributed by atoms with van der Waals surface area (Å²) in [5.74, 6) is 6.71. The van der Waals surface area contributed by atoms with Gasteiger partial charge in [-0.25, -0.2) is 15.0 Å². The van der Waals surface area contributed by atoms with Gasteiger partial charge in [0.2, 0.25) is 0 Å². The Hall–Kier alpha value is -4.36. The van der Waals surface area contributed by atoms with Crippen LogP contribution in [0.25, 0.3) is 44.9 Å². The van der Waals surface area contributed by atoms with Crippen LogP contribution in [0.3, 0.4) is 0 Å². The quantitative estimate of drug-likeness (QED) is 0.185. The SMILES string of the molecule is C[C@@H]1CC2C[C@H](C)CC(c3ccc(-c4nc(-c5ccccc5C56CC(C[C@@H](C)C5)C[C@H](C)C6)nc(-c5cccc6c(C#N)cccc56)n4)cc3)(C2)C1. The average molecular weight is 685 g/mol. The lowest BCUT2D eigenvalue weighted by Gasteiger charge is -2.51. The van der Waals surface area contributed by atoms with E-state index in [9.17, 15) is 5.26 Å². The number of aromatic nitrogens is 3. The van der Waals surface area contributed by atoms with E-state index in [0.29, 0.717) is 29.0 Å². The van der Waals surface area contributed by atoms with Crippen molar-refractivity contribution in [1.29, 1.82) is 5.26 Å². The minimum Gasteiger partial charge on any atom is -0.208 e. The number of hydrogen-bond donors (Lipinski definition) is 0. The molecule has 4 nitrogen and oxygen atoms in total. The standard InChI is InChI=1S/C48H52N4/c1-30-19-34-20-31(2)24-47(23-30,27-34)38-17-15-36(16-18-38)44-50-45(41-13-8-11-39-37(29-49)9-7-12-40(39)41)52-46(51-44)42-10-5-6-14-43(42)48-25-32(3)21-35(28-48)22-33(4)26-48/h5-18,30-35H,19-28H2,1-4H3/t30-,31+,32-,33+,34?,35?,47?,48?.